The molecule has 1 aliphatic carbocycles. The molecule has 0 amide bonds. The second-order valence-electron chi connectivity index (χ2n) is 3.85. The van der Waals surface area contributed by atoms with Crippen molar-refractivity contribution in [2.75, 3.05) is 7.11 Å². The summed E-state index contributed by atoms with van der Waals surface area (Å²) in [6.07, 6.45) is 0.486. The first-order valence-corrected chi connectivity index (χ1v) is 5.05. The molecule has 0 aliphatic heterocycles. The highest BCUT2D eigenvalue weighted by Gasteiger charge is 2.33. The van der Waals surface area contributed by atoms with Gasteiger partial charge in [-0.1, -0.05) is 12.1 Å². The summed E-state index contributed by atoms with van der Waals surface area (Å²) in [6.45, 7) is 0. The van der Waals surface area contributed by atoms with E-state index in [2.05, 4.69) is 4.74 Å². The zero-order valence-corrected chi connectivity index (χ0v) is 8.90. The number of hydrogen-bond donors (Lipinski definition) is 1. The molecule has 1 aromatic rings. The topological polar surface area (TPSA) is 63.6 Å². The summed E-state index contributed by atoms with van der Waals surface area (Å²) in [5.74, 6) is -0.754. The smallest absolute Gasteiger partial charge is 0.306 e. The number of esters is 1. The number of phenolic OH excluding ortho intramolecular Hbond substituents is 1. The van der Waals surface area contributed by atoms with Gasteiger partial charge in [0, 0.05) is 17.0 Å². The summed E-state index contributed by atoms with van der Waals surface area (Å²) in [6, 6.07) is 4.86. The fourth-order valence-electron chi connectivity index (χ4n) is 2.03. The number of benzene rings is 1. The van der Waals surface area contributed by atoms with Gasteiger partial charge in [0.2, 0.25) is 0 Å². The Hall–Kier alpha value is -1.84. The highest BCUT2D eigenvalue weighted by molar-refractivity contribution is 6.04. The van der Waals surface area contributed by atoms with E-state index in [1.807, 2.05) is 0 Å². The zero-order chi connectivity index (χ0) is 11.7. The third-order valence-electron chi connectivity index (χ3n) is 2.88. The highest BCUT2D eigenvalue weighted by atomic mass is 16.5. The lowest BCUT2D eigenvalue weighted by molar-refractivity contribution is -0.141. The van der Waals surface area contributed by atoms with E-state index in [1.165, 1.54) is 7.11 Å². The maximum absolute atomic E-state index is 11.9. The molecule has 2 rings (SSSR count). The summed E-state index contributed by atoms with van der Waals surface area (Å²) in [5.41, 5.74) is 1.16. The van der Waals surface area contributed by atoms with Gasteiger partial charge >= 0.3 is 5.97 Å². The van der Waals surface area contributed by atoms with E-state index in [0.717, 1.165) is 0 Å². The summed E-state index contributed by atoms with van der Waals surface area (Å²) < 4.78 is 4.54. The number of aromatic hydroxyl groups is 1. The molecule has 0 spiro atoms. The van der Waals surface area contributed by atoms with Gasteiger partial charge in [-0.15, -0.1) is 0 Å². The summed E-state index contributed by atoms with van der Waals surface area (Å²) in [4.78, 5) is 23.0. The first kappa shape index (κ1) is 10.7. The number of Topliss-reactive ketones (excluding diaryl/α,β-unsaturated/α-hetero) is 1. The van der Waals surface area contributed by atoms with Crippen LogP contribution in [0.1, 0.15) is 22.3 Å². The predicted octanol–water partition coefficient (Wildman–Crippen LogP) is 1.31. The molecule has 1 N–H and O–H groups in total. The lowest BCUT2D eigenvalue weighted by Gasteiger charge is -2.04. The molecule has 0 saturated carbocycles. The molecular weight excluding hydrogens is 208 g/mol. The first-order chi connectivity index (χ1) is 7.63. The van der Waals surface area contributed by atoms with Gasteiger partial charge in [-0.2, -0.15) is 0 Å². The number of carbonyl (C=O) groups excluding carboxylic acids is 2. The summed E-state index contributed by atoms with van der Waals surface area (Å²) >= 11 is 0. The molecular formula is C12H12O4. The lowest BCUT2D eigenvalue weighted by Crippen LogP contribution is -2.15. The first-order valence-electron chi connectivity index (χ1n) is 5.05. The van der Waals surface area contributed by atoms with Crippen molar-refractivity contribution in [3.05, 3.63) is 29.3 Å². The lowest BCUT2D eigenvalue weighted by atomic mass is 10.0. The van der Waals surface area contributed by atoms with Crippen LogP contribution in [0.3, 0.4) is 0 Å². The molecule has 0 saturated heterocycles. The van der Waals surface area contributed by atoms with Crippen LogP contribution in [0.4, 0.5) is 0 Å². The van der Waals surface area contributed by atoms with Crippen molar-refractivity contribution < 1.29 is 19.4 Å². The average Bonchev–Trinajstić information content (AvgIpc) is 2.58. The Morgan fingerprint density at radius 2 is 2.31 bits per heavy atom. The van der Waals surface area contributed by atoms with Crippen molar-refractivity contribution in [3.63, 3.8) is 0 Å². The van der Waals surface area contributed by atoms with Gasteiger partial charge in [-0.05, 0) is 12.5 Å². The van der Waals surface area contributed by atoms with Gasteiger partial charge in [0.1, 0.15) is 5.75 Å². The Morgan fingerprint density at radius 3 is 2.94 bits per heavy atom. The second-order valence-corrected chi connectivity index (χ2v) is 3.85. The Labute approximate surface area is 92.8 Å². The van der Waals surface area contributed by atoms with Crippen LogP contribution in [0.15, 0.2) is 18.2 Å². The van der Waals surface area contributed by atoms with Crippen LogP contribution in [0.2, 0.25) is 0 Å². The summed E-state index contributed by atoms with van der Waals surface area (Å²) in [7, 11) is 1.30. The molecule has 0 radical (unpaired) electrons. The van der Waals surface area contributed by atoms with Crippen molar-refractivity contribution in [3.8, 4) is 5.75 Å². The minimum absolute atomic E-state index is 0.0729. The van der Waals surface area contributed by atoms with Gasteiger partial charge in [-0.3, -0.25) is 9.59 Å². The van der Waals surface area contributed by atoms with Gasteiger partial charge in [0.25, 0.3) is 0 Å². The summed E-state index contributed by atoms with van der Waals surface area (Å²) in [5, 5.41) is 9.59. The molecule has 1 unspecified atom stereocenters. The van der Waals surface area contributed by atoms with Crippen molar-refractivity contribution in [2.24, 2.45) is 5.92 Å². The predicted molar refractivity (Wildman–Crippen MR) is 56.3 cm³/mol. The third kappa shape index (κ3) is 1.66. The van der Waals surface area contributed by atoms with E-state index >= 15 is 0 Å². The van der Waals surface area contributed by atoms with Crippen LogP contribution in [-0.2, 0) is 16.0 Å². The molecule has 16 heavy (non-hydrogen) atoms. The monoisotopic (exact) mass is 220 g/mol. The number of fused-ring (bicyclic) bond motifs is 1. The highest BCUT2D eigenvalue weighted by Crippen LogP contribution is 2.34. The maximum Gasteiger partial charge on any atom is 0.306 e. The fraction of sp³-hybridized carbons (Fsp3) is 0.333. The fourth-order valence-corrected chi connectivity index (χ4v) is 2.03. The molecule has 0 fully saturated rings. The Balaban J connectivity index is 2.24. The van der Waals surface area contributed by atoms with Crippen molar-refractivity contribution >= 4 is 11.8 Å². The molecule has 1 aromatic carbocycles. The Kier molecular flexibility index (Phi) is 2.64. The Bertz CT molecular complexity index is 450. The normalized spacial score (nSPS) is 18.3. The number of ketones is 1. The molecule has 1 aliphatic rings. The van der Waals surface area contributed by atoms with Crippen molar-refractivity contribution in [2.45, 2.75) is 12.8 Å². The van der Waals surface area contributed by atoms with Crippen LogP contribution in [0.25, 0.3) is 0 Å². The van der Waals surface area contributed by atoms with Crippen LogP contribution in [0, 0.1) is 5.92 Å². The van der Waals surface area contributed by atoms with E-state index in [-0.39, 0.29) is 18.0 Å². The number of ether oxygens (including phenoxy) is 1. The largest absolute Gasteiger partial charge is 0.508 e. The number of rotatable bonds is 2. The minimum atomic E-state index is -0.398. The Morgan fingerprint density at radius 1 is 1.56 bits per heavy atom. The van der Waals surface area contributed by atoms with Crippen LogP contribution < -0.4 is 0 Å². The number of methoxy groups -OCH3 is 1. The van der Waals surface area contributed by atoms with Crippen LogP contribution in [-0.4, -0.2) is 24.0 Å². The SMILES string of the molecule is COC(=O)CC1Cc2c(O)cccc2C1=O. The third-order valence-corrected chi connectivity index (χ3v) is 2.88. The van der Waals surface area contributed by atoms with E-state index in [1.54, 1.807) is 18.2 Å². The molecule has 1 atom stereocenters. The van der Waals surface area contributed by atoms with Crippen LogP contribution in [0.5, 0.6) is 5.75 Å². The number of phenols is 1. The van der Waals surface area contributed by atoms with Crippen molar-refractivity contribution in [1.29, 1.82) is 0 Å². The number of carbonyl (C=O) groups is 2. The van der Waals surface area contributed by atoms with Gasteiger partial charge in [0.15, 0.2) is 5.78 Å². The van der Waals surface area contributed by atoms with E-state index in [4.69, 9.17) is 0 Å². The standard InChI is InChI=1S/C12H12O4/c1-16-11(14)6-7-5-9-8(12(7)15)3-2-4-10(9)13/h2-4,7,13H,5-6H2,1H3. The second kappa shape index (κ2) is 3.96. The molecule has 4 heteroatoms. The molecule has 4 nitrogen and oxygen atoms in total. The van der Waals surface area contributed by atoms with E-state index < -0.39 is 11.9 Å². The maximum atomic E-state index is 11.9. The van der Waals surface area contributed by atoms with Crippen molar-refractivity contribution in [1.82, 2.24) is 0 Å². The average molecular weight is 220 g/mol. The van der Waals surface area contributed by atoms with E-state index in [0.29, 0.717) is 17.5 Å². The van der Waals surface area contributed by atoms with Gasteiger partial charge in [0.05, 0.1) is 13.5 Å². The number of hydrogen-bond acceptors (Lipinski definition) is 4. The molecule has 0 heterocycles. The van der Waals surface area contributed by atoms with E-state index in [9.17, 15) is 14.7 Å². The minimum Gasteiger partial charge on any atom is -0.508 e. The molecule has 0 bridgehead atoms. The quantitative estimate of drug-likeness (QED) is 0.763. The van der Waals surface area contributed by atoms with Gasteiger partial charge in [-0.25, -0.2) is 0 Å². The van der Waals surface area contributed by atoms with Crippen LogP contribution >= 0.6 is 0 Å². The van der Waals surface area contributed by atoms with Gasteiger partial charge < -0.3 is 9.84 Å². The molecule has 84 valence electrons. The molecule has 0 aromatic heterocycles. The zero-order valence-electron chi connectivity index (χ0n) is 8.90.